The number of fused-ring (bicyclic) bond motifs is 1. The molecule has 1 aliphatic rings. The van der Waals surface area contributed by atoms with E-state index in [1.807, 2.05) is 0 Å². The van der Waals surface area contributed by atoms with Crippen LogP contribution in [-0.4, -0.2) is 22.3 Å². The molecular weight excluding hydrogens is 270 g/mol. The van der Waals surface area contributed by atoms with Crippen LogP contribution in [0.3, 0.4) is 0 Å². The van der Waals surface area contributed by atoms with Gasteiger partial charge in [-0.1, -0.05) is 12.1 Å². The topological polar surface area (TPSA) is 64.3 Å². The third-order valence-corrected chi connectivity index (χ3v) is 3.98. The van der Waals surface area contributed by atoms with E-state index in [0.717, 1.165) is 23.9 Å². The van der Waals surface area contributed by atoms with Gasteiger partial charge in [0.25, 0.3) is 5.56 Å². The Balaban J connectivity index is 2.46. The molecule has 1 saturated heterocycles. The van der Waals surface area contributed by atoms with Crippen LogP contribution in [0.4, 0.5) is 0 Å². The number of hydrogen-bond donors (Lipinski definition) is 0. The van der Waals surface area contributed by atoms with E-state index in [-0.39, 0.29) is 0 Å². The number of nitrogens with zero attached hydrogens (tertiary/aromatic N) is 3. The Morgan fingerprint density at radius 1 is 0.857 bits per heavy atom. The summed E-state index contributed by atoms with van der Waals surface area (Å²) in [5.74, 6) is 0. The minimum Gasteiger partial charge on any atom is -0.307 e. The smallest absolute Gasteiger partial charge is 0.307 e. The van der Waals surface area contributed by atoms with Crippen molar-refractivity contribution in [2.75, 3.05) is 18.1 Å². The molecule has 21 heavy (non-hydrogen) atoms. The molecule has 2 aromatic rings. The molecule has 2 heterocycles. The Kier molecular flexibility index (Phi) is 3.37. The van der Waals surface area contributed by atoms with Gasteiger partial charge in [-0.05, 0) is 31.4 Å². The summed E-state index contributed by atoms with van der Waals surface area (Å²) in [5.41, 5.74) is -1.41. The zero-order valence-electron chi connectivity index (χ0n) is 11.9. The molecule has 0 aliphatic carbocycles. The first-order valence-electron chi connectivity index (χ1n) is 7.11. The molecule has 6 nitrogen and oxygen atoms in total. The fraction of sp³-hybridized carbons (Fsp3) is 0.400. The molecule has 0 amide bonds. The number of hydrogen-bond acceptors (Lipinski definition) is 4. The van der Waals surface area contributed by atoms with E-state index < -0.39 is 16.7 Å². The first kappa shape index (κ1) is 13.6. The van der Waals surface area contributed by atoms with Crippen LogP contribution in [-0.2, 0) is 7.05 Å². The van der Waals surface area contributed by atoms with Crippen molar-refractivity contribution < 1.29 is 0 Å². The van der Waals surface area contributed by atoms with Crippen molar-refractivity contribution in [2.45, 2.75) is 19.3 Å². The highest BCUT2D eigenvalue weighted by atomic mass is 16.2. The van der Waals surface area contributed by atoms with Gasteiger partial charge < -0.3 is 9.58 Å². The lowest BCUT2D eigenvalue weighted by Crippen LogP contribution is -2.54. The molecule has 0 atom stereocenters. The van der Waals surface area contributed by atoms with Crippen molar-refractivity contribution in [3.05, 3.63) is 55.3 Å². The number of aryl methyl sites for hydroxylation is 1. The third kappa shape index (κ3) is 2.16. The highest BCUT2D eigenvalue weighted by Gasteiger charge is 2.18. The molecule has 0 spiro atoms. The summed E-state index contributed by atoms with van der Waals surface area (Å²) < 4.78 is 2.28. The molecule has 0 unspecified atom stereocenters. The molecule has 1 aromatic heterocycles. The normalized spacial score (nSPS) is 15.4. The monoisotopic (exact) mass is 287 g/mol. The van der Waals surface area contributed by atoms with Crippen molar-refractivity contribution in [3.8, 4) is 0 Å². The molecule has 0 saturated carbocycles. The van der Waals surface area contributed by atoms with Crippen LogP contribution in [0.2, 0.25) is 0 Å². The van der Waals surface area contributed by atoms with E-state index in [2.05, 4.69) is 0 Å². The predicted molar refractivity (Wildman–Crippen MR) is 81.5 cm³/mol. The van der Waals surface area contributed by atoms with Crippen LogP contribution in [0.1, 0.15) is 19.3 Å². The van der Waals surface area contributed by atoms with Crippen molar-refractivity contribution in [1.82, 2.24) is 9.24 Å². The van der Waals surface area contributed by atoms with Gasteiger partial charge in [-0.2, -0.15) is 4.68 Å². The average molecular weight is 287 g/mol. The molecule has 0 bridgehead atoms. The third-order valence-electron chi connectivity index (χ3n) is 3.98. The standard InChI is InChI=1S/C15H17N3O3/c1-16-12-8-4-3-7-11(12)13(19)18(15(21)14(16)20)17-9-5-2-6-10-17/h3-4,7-8H,2,5-6,9-10H2,1H3. The lowest BCUT2D eigenvalue weighted by molar-refractivity contribution is 0.462. The van der Waals surface area contributed by atoms with Crippen molar-refractivity contribution in [2.24, 2.45) is 7.05 Å². The SMILES string of the molecule is Cn1c(=O)c(=O)n(N2CCCCC2)c(=O)c2ccccc21. The van der Waals surface area contributed by atoms with E-state index in [0.29, 0.717) is 24.0 Å². The van der Waals surface area contributed by atoms with E-state index >= 15 is 0 Å². The van der Waals surface area contributed by atoms with Crippen molar-refractivity contribution in [3.63, 3.8) is 0 Å². The van der Waals surface area contributed by atoms with E-state index in [1.54, 1.807) is 29.3 Å². The molecule has 3 rings (SSSR count). The summed E-state index contributed by atoms with van der Waals surface area (Å²) in [5, 5.41) is 2.08. The highest BCUT2D eigenvalue weighted by molar-refractivity contribution is 5.77. The summed E-state index contributed by atoms with van der Waals surface area (Å²) in [6.45, 7) is 1.24. The molecule has 110 valence electrons. The fourth-order valence-corrected chi connectivity index (χ4v) is 2.83. The Morgan fingerprint density at radius 2 is 1.52 bits per heavy atom. The number of para-hydroxylation sites is 1. The molecule has 1 aliphatic heterocycles. The summed E-state index contributed by atoms with van der Waals surface area (Å²) in [6, 6.07) is 6.81. The lowest BCUT2D eigenvalue weighted by Gasteiger charge is -2.28. The maximum Gasteiger partial charge on any atom is 0.338 e. The van der Waals surface area contributed by atoms with E-state index in [1.165, 1.54) is 11.6 Å². The van der Waals surface area contributed by atoms with Gasteiger partial charge in [-0.15, -0.1) is 0 Å². The van der Waals surface area contributed by atoms with Crippen LogP contribution < -0.4 is 21.7 Å². The average Bonchev–Trinajstić information content (AvgIpc) is 2.60. The highest BCUT2D eigenvalue weighted by Crippen LogP contribution is 2.07. The van der Waals surface area contributed by atoms with Gasteiger partial charge in [-0.3, -0.25) is 14.4 Å². The largest absolute Gasteiger partial charge is 0.338 e. The first-order valence-corrected chi connectivity index (χ1v) is 7.11. The first-order chi connectivity index (χ1) is 10.1. The number of rotatable bonds is 1. The van der Waals surface area contributed by atoms with Crippen LogP contribution in [0.25, 0.3) is 10.9 Å². The molecule has 0 radical (unpaired) electrons. The van der Waals surface area contributed by atoms with Gasteiger partial charge in [0.2, 0.25) is 0 Å². The van der Waals surface area contributed by atoms with Gasteiger partial charge in [0.15, 0.2) is 0 Å². The predicted octanol–water partition coefficient (Wildman–Crippen LogP) is 0.182. The van der Waals surface area contributed by atoms with Gasteiger partial charge in [0.1, 0.15) is 0 Å². The second-order valence-electron chi connectivity index (χ2n) is 5.32. The summed E-state index contributed by atoms with van der Waals surface area (Å²) >= 11 is 0. The maximum atomic E-state index is 12.7. The number of piperidine rings is 1. The molecule has 6 heteroatoms. The molecule has 1 aromatic carbocycles. The van der Waals surface area contributed by atoms with Crippen molar-refractivity contribution in [1.29, 1.82) is 0 Å². The van der Waals surface area contributed by atoms with Gasteiger partial charge in [0.05, 0.1) is 10.9 Å². The zero-order chi connectivity index (χ0) is 15.0. The summed E-state index contributed by atoms with van der Waals surface area (Å²) in [7, 11) is 1.52. The van der Waals surface area contributed by atoms with E-state index in [4.69, 9.17) is 0 Å². The molecule has 0 N–H and O–H groups in total. The Labute approximate surface area is 120 Å². The van der Waals surface area contributed by atoms with Crippen LogP contribution in [0, 0.1) is 0 Å². The quantitative estimate of drug-likeness (QED) is 0.702. The second kappa shape index (κ2) is 5.20. The minimum absolute atomic E-state index is 0.379. The van der Waals surface area contributed by atoms with Gasteiger partial charge in [-0.25, -0.2) is 0 Å². The summed E-state index contributed by atoms with van der Waals surface area (Å²) in [6.07, 6.45) is 2.92. The number of aromatic nitrogens is 2. The van der Waals surface area contributed by atoms with Crippen LogP contribution in [0.5, 0.6) is 0 Å². The molecule has 1 fully saturated rings. The second-order valence-corrected chi connectivity index (χ2v) is 5.32. The fourth-order valence-electron chi connectivity index (χ4n) is 2.83. The maximum absolute atomic E-state index is 12.7. The zero-order valence-corrected chi connectivity index (χ0v) is 11.9. The van der Waals surface area contributed by atoms with Crippen LogP contribution in [0.15, 0.2) is 38.6 Å². The lowest BCUT2D eigenvalue weighted by atomic mass is 10.2. The Bertz CT molecular complexity index is 861. The van der Waals surface area contributed by atoms with Gasteiger partial charge in [0, 0.05) is 20.1 Å². The van der Waals surface area contributed by atoms with Crippen molar-refractivity contribution >= 4 is 10.9 Å². The Hall–Kier alpha value is -2.37. The Morgan fingerprint density at radius 3 is 2.24 bits per heavy atom. The molecular formula is C15H17N3O3. The number of benzene rings is 1. The van der Waals surface area contributed by atoms with Crippen LogP contribution >= 0.6 is 0 Å². The summed E-state index contributed by atoms with van der Waals surface area (Å²) in [4.78, 5) is 37.4. The van der Waals surface area contributed by atoms with Gasteiger partial charge >= 0.3 is 11.1 Å². The van der Waals surface area contributed by atoms with E-state index in [9.17, 15) is 14.4 Å². The minimum atomic E-state index is -0.777.